The molecule has 37 heavy (non-hydrogen) atoms. The van der Waals surface area contributed by atoms with Crippen LogP contribution in [0, 0.1) is 5.92 Å². The van der Waals surface area contributed by atoms with E-state index in [-0.39, 0.29) is 23.4 Å². The molecule has 2 unspecified atom stereocenters. The fourth-order valence-corrected chi connectivity index (χ4v) is 5.44. The third kappa shape index (κ3) is 5.03. The molecule has 3 heterocycles. The number of unbranched alkanes of at least 4 members (excludes halogenated alkanes) is 1. The van der Waals surface area contributed by atoms with Crippen LogP contribution >= 0.6 is 0 Å². The third-order valence-electron chi connectivity index (χ3n) is 7.44. The second-order valence-electron chi connectivity index (χ2n) is 9.79. The van der Waals surface area contributed by atoms with Crippen LogP contribution in [0.15, 0.2) is 53.6 Å². The summed E-state index contributed by atoms with van der Waals surface area (Å²) in [6.07, 6.45) is 9.92. The Bertz CT molecular complexity index is 1400. The number of H-pyrrole nitrogens is 1. The van der Waals surface area contributed by atoms with E-state index in [1.165, 1.54) is 0 Å². The highest BCUT2D eigenvalue weighted by atomic mass is 16.2. The summed E-state index contributed by atoms with van der Waals surface area (Å²) >= 11 is 0. The van der Waals surface area contributed by atoms with Crippen LogP contribution < -0.4 is 5.69 Å². The number of nitrogens with one attached hydrogen (secondary N) is 1. The lowest BCUT2D eigenvalue weighted by molar-refractivity contribution is -0.126. The summed E-state index contributed by atoms with van der Waals surface area (Å²) in [5.41, 5.74) is 4.39. The van der Waals surface area contributed by atoms with Crippen molar-refractivity contribution in [2.75, 3.05) is 0 Å². The normalized spacial score (nSPS) is 17.8. The van der Waals surface area contributed by atoms with Crippen LogP contribution in [0.3, 0.4) is 0 Å². The number of aryl methyl sites for hydroxylation is 1. The van der Waals surface area contributed by atoms with Crippen LogP contribution in [0.4, 0.5) is 0 Å². The molecule has 0 spiro atoms. The van der Waals surface area contributed by atoms with Crippen LogP contribution in [-0.2, 0) is 17.8 Å². The number of nitrogens with zero attached hydrogens (tertiary/aromatic N) is 6. The summed E-state index contributed by atoms with van der Waals surface area (Å²) in [6, 6.07) is 11.5. The summed E-state index contributed by atoms with van der Waals surface area (Å²) < 4.78 is 3.52. The Balaban J connectivity index is 1.46. The molecular formula is C28H33N7O2. The summed E-state index contributed by atoms with van der Waals surface area (Å²) in [5, 5.41) is 14.4. The quantitative estimate of drug-likeness (QED) is 0.360. The lowest BCUT2D eigenvalue weighted by atomic mass is 9.82. The second-order valence-corrected chi connectivity index (χ2v) is 9.79. The number of tetrazole rings is 1. The Kier molecular flexibility index (Phi) is 7.39. The van der Waals surface area contributed by atoms with Crippen molar-refractivity contribution in [3.05, 3.63) is 70.7 Å². The van der Waals surface area contributed by atoms with Gasteiger partial charge in [0.2, 0.25) is 5.82 Å². The molecule has 0 saturated heterocycles. The summed E-state index contributed by atoms with van der Waals surface area (Å²) in [7, 11) is 0. The van der Waals surface area contributed by atoms with E-state index in [1.807, 2.05) is 48.8 Å². The minimum absolute atomic E-state index is 0.113. The molecule has 1 fully saturated rings. The number of carbonyl (C=O) groups excluding carboxylic acids is 1. The van der Waals surface area contributed by atoms with E-state index in [2.05, 4.69) is 34.5 Å². The minimum Gasteiger partial charge on any atom is -0.297 e. The van der Waals surface area contributed by atoms with Gasteiger partial charge in [0.25, 0.3) is 0 Å². The maximum absolute atomic E-state index is 13.7. The predicted molar refractivity (Wildman–Crippen MR) is 141 cm³/mol. The molecule has 1 saturated carbocycles. The van der Waals surface area contributed by atoms with Crippen molar-refractivity contribution in [2.24, 2.45) is 5.92 Å². The highest BCUT2D eigenvalue weighted by Gasteiger charge is 2.34. The molecule has 0 bridgehead atoms. The molecular weight excluding hydrogens is 466 g/mol. The Hall–Kier alpha value is -3.88. The highest BCUT2D eigenvalue weighted by molar-refractivity contribution is 5.83. The smallest absolute Gasteiger partial charge is 0.297 e. The lowest BCUT2D eigenvalue weighted by Gasteiger charge is -2.29. The largest absolute Gasteiger partial charge is 0.329 e. The van der Waals surface area contributed by atoms with Crippen molar-refractivity contribution in [2.45, 2.75) is 71.4 Å². The molecule has 3 aromatic heterocycles. The van der Waals surface area contributed by atoms with Crippen molar-refractivity contribution in [3.63, 3.8) is 0 Å². The Morgan fingerprint density at radius 2 is 1.92 bits per heavy atom. The molecule has 0 radical (unpaired) electrons. The number of carbonyl (C=O) groups is 1. The van der Waals surface area contributed by atoms with Crippen molar-refractivity contribution in [1.82, 2.24) is 34.7 Å². The van der Waals surface area contributed by atoms with E-state index < -0.39 is 0 Å². The molecule has 2 atom stereocenters. The monoisotopic (exact) mass is 499 g/mol. The first-order chi connectivity index (χ1) is 18.1. The van der Waals surface area contributed by atoms with E-state index in [4.69, 9.17) is 4.98 Å². The zero-order valence-corrected chi connectivity index (χ0v) is 21.4. The first-order valence-corrected chi connectivity index (χ1v) is 13.2. The first-order valence-electron chi connectivity index (χ1n) is 13.2. The third-order valence-corrected chi connectivity index (χ3v) is 7.44. The van der Waals surface area contributed by atoms with Gasteiger partial charge < -0.3 is 0 Å². The summed E-state index contributed by atoms with van der Waals surface area (Å²) in [4.78, 5) is 31.3. The van der Waals surface area contributed by atoms with Crippen LogP contribution in [0.1, 0.15) is 69.8 Å². The standard InChI is InChI=1S/C28H33N7O2/c1-3-5-10-22-18-35(26-19(4-2)9-8-13-25(26)36)28(37)34(22)17-21-15-14-20(16-29-21)23-11-6-7-12-24(23)27-30-32-33-31-27/h6-7,11-12,14-16,18-19,26H,3-5,8-10,13,17H2,1-2H3,(H,30,31,32,33). The molecule has 1 aliphatic carbocycles. The maximum atomic E-state index is 13.7. The average molecular weight is 500 g/mol. The zero-order chi connectivity index (χ0) is 25.8. The first kappa shape index (κ1) is 24.8. The van der Waals surface area contributed by atoms with Crippen molar-refractivity contribution in [3.8, 4) is 22.5 Å². The van der Waals surface area contributed by atoms with E-state index in [1.54, 1.807) is 9.13 Å². The van der Waals surface area contributed by atoms with Gasteiger partial charge in [0, 0.05) is 35.6 Å². The number of rotatable bonds is 9. The van der Waals surface area contributed by atoms with Crippen molar-refractivity contribution >= 4 is 5.78 Å². The summed E-state index contributed by atoms with van der Waals surface area (Å²) in [5.74, 6) is 0.920. The number of Topliss-reactive ketones (excluding diaryl/α,β-unsaturated/α-hetero) is 1. The molecule has 192 valence electrons. The molecule has 0 amide bonds. The number of hydrogen-bond acceptors (Lipinski definition) is 6. The Morgan fingerprint density at radius 1 is 1.08 bits per heavy atom. The number of imidazole rings is 1. The van der Waals surface area contributed by atoms with Gasteiger partial charge in [-0.3, -0.25) is 18.9 Å². The van der Waals surface area contributed by atoms with Gasteiger partial charge in [-0.2, -0.15) is 5.21 Å². The molecule has 1 aromatic carbocycles. The Morgan fingerprint density at radius 3 is 2.62 bits per heavy atom. The molecule has 4 aromatic rings. The van der Waals surface area contributed by atoms with Gasteiger partial charge in [-0.25, -0.2) is 4.79 Å². The minimum atomic E-state index is -0.357. The molecule has 9 heteroatoms. The molecule has 9 nitrogen and oxygen atoms in total. The molecule has 0 aliphatic heterocycles. The molecule has 5 rings (SSSR count). The van der Waals surface area contributed by atoms with E-state index >= 15 is 0 Å². The summed E-state index contributed by atoms with van der Waals surface area (Å²) in [6.45, 7) is 4.62. The van der Waals surface area contributed by atoms with Crippen LogP contribution in [-0.4, -0.2) is 40.5 Å². The zero-order valence-electron chi connectivity index (χ0n) is 21.4. The van der Waals surface area contributed by atoms with Gasteiger partial charge in [-0.05, 0) is 48.4 Å². The fraction of sp³-hybridized carbons (Fsp3) is 0.429. The predicted octanol–water partition coefficient (Wildman–Crippen LogP) is 4.60. The van der Waals surface area contributed by atoms with Crippen LogP contribution in [0.25, 0.3) is 22.5 Å². The second kappa shape index (κ2) is 11.0. The van der Waals surface area contributed by atoms with Gasteiger partial charge >= 0.3 is 5.69 Å². The van der Waals surface area contributed by atoms with Crippen molar-refractivity contribution in [1.29, 1.82) is 0 Å². The van der Waals surface area contributed by atoms with E-state index in [9.17, 15) is 9.59 Å². The topological polar surface area (TPSA) is 111 Å². The number of hydrogen-bond donors (Lipinski definition) is 1. The maximum Gasteiger partial charge on any atom is 0.329 e. The van der Waals surface area contributed by atoms with E-state index in [0.29, 0.717) is 18.8 Å². The Labute approximate surface area is 216 Å². The number of ketones is 1. The van der Waals surface area contributed by atoms with Gasteiger partial charge in [0.15, 0.2) is 5.78 Å². The van der Waals surface area contributed by atoms with Gasteiger partial charge in [0.1, 0.15) is 0 Å². The van der Waals surface area contributed by atoms with Crippen LogP contribution in [0.2, 0.25) is 0 Å². The van der Waals surface area contributed by atoms with E-state index in [0.717, 1.165) is 66.6 Å². The highest BCUT2D eigenvalue weighted by Crippen LogP contribution is 2.33. The number of pyridine rings is 1. The number of benzene rings is 1. The molecule has 1 N–H and O–H groups in total. The van der Waals surface area contributed by atoms with Gasteiger partial charge in [-0.1, -0.05) is 57.0 Å². The van der Waals surface area contributed by atoms with Gasteiger partial charge in [0.05, 0.1) is 18.3 Å². The van der Waals surface area contributed by atoms with Crippen molar-refractivity contribution < 1.29 is 4.79 Å². The van der Waals surface area contributed by atoms with Gasteiger partial charge in [-0.15, -0.1) is 10.2 Å². The fourth-order valence-electron chi connectivity index (χ4n) is 5.44. The molecule has 1 aliphatic rings. The lowest BCUT2D eigenvalue weighted by Crippen LogP contribution is -2.37. The average Bonchev–Trinajstić information content (AvgIpc) is 3.57. The number of aromatic amines is 1. The number of aromatic nitrogens is 7. The SMILES string of the molecule is CCCCc1cn(C2C(=O)CCCC2CC)c(=O)n1Cc1ccc(-c2ccccc2-c2nn[nH]n2)cn1. The van der Waals surface area contributed by atoms with Crippen LogP contribution in [0.5, 0.6) is 0 Å².